The lowest BCUT2D eigenvalue weighted by Crippen LogP contribution is -2.41. The molecule has 2 aliphatic rings. The van der Waals surface area contributed by atoms with Crippen molar-refractivity contribution in [3.63, 3.8) is 0 Å². The van der Waals surface area contributed by atoms with Gasteiger partial charge in [-0.2, -0.15) is 10.2 Å². The maximum atomic E-state index is 10.4. The number of aliphatic hydroxyl groups is 1. The van der Waals surface area contributed by atoms with E-state index in [4.69, 9.17) is 4.74 Å². The zero-order chi connectivity index (χ0) is 21.1. The molecule has 1 unspecified atom stereocenters. The van der Waals surface area contributed by atoms with Gasteiger partial charge >= 0.3 is 0 Å². The van der Waals surface area contributed by atoms with Gasteiger partial charge in [-0.05, 0) is 63.6 Å². The van der Waals surface area contributed by atoms with E-state index in [0.29, 0.717) is 35.9 Å². The Hall–Kier alpha value is -1.72. The second-order valence-electron chi connectivity index (χ2n) is 9.85. The molecule has 2 fully saturated rings. The normalized spacial score (nSPS) is 30.3. The van der Waals surface area contributed by atoms with Crippen molar-refractivity contribution in [2.24, 2.45) is 0 Å². The van der Waals surface area contributed by atoms with Crippen LogP contribution in [-0.2, 0) is 4.74 Å². The van der Waals surface area contributed by atoms with Crippen molar-refractivity contribution in [1.29, 1.82) is 5.26 Å². The van der Waals surface area contributed by atoms with E-state index < -0.39 is 5.60 Å². The third-order valence-electron chi connectivity index (χ3n) is 5.73. The summed E-state index contributed by atoms with van der Waals surface area (Å²) >= 11 is 0. The van der Waals surface area contributed by atoms with Crippen LogP contribution in [-0.4, -0.2) is 67.7 Å². The van der Waals surface area contributed by atoms with Crippen LogP contribution in [0.4, 0.5) is 11.8 Å². The standard InChI is InChI=1S/C19H32B3N5O2/c1-18(28)8-2-3-14(9-18)25-16-12(10-23)11-24-17(27-16)26-13-4-6-15(7-5-13)29-19(20,21)22/h11,13-15,28H,2-9,20-22H2,1H3,(H2,24,25,26,27)/t13-,14?,15-,18-/m0/s1. The van der Waals surface area contributed by atoms with Gasteiger partial charge in [0.25, 0.3) is 0 Å². The van der Waals surface area contributed by atoms with E-state index in [1.165, 1.54) is 0 Å². The minimum absolute atomic E-state index is 0.106. The number of nitrogens with zero attached hydrogens (tertiary/aromatic N) is 3. The van der Waals surface area contributed by atoms with E-state index in [9.17, 15) is 10.4 Å². The van der Waals surface area contributed by atoms with Crippen LogP contribution in [0.15, 0.2) is 6.20 Å². The summed E-state index contributed by atoms with van der Waals surface area (Å²) in [6.07, 6.45) is 9.35. The maximum Gasteiger partial charge on any atom is 0.224 e. The molecule has 0 aliphatic heterocycles. The van der Waals surface area contributed by atoms with Crippen molar-refractivity contribution in [3.05, 3.63) is 11.8 Å². The Bertz CT molecular complexity index is 742. The lowest BCUT2D eigenvalue weighted by Gasteiger charge is -2.35. The average Bonchev–Trinajstić information content (AvgIpc) is 2.62. The topological polar surface area (TPSA) is 103 Å². The van der Waals surface area contributed by atoms with Crippen LogP contribution in [0.1, 0.15) is 63.9 Å². The van der Waals surface area contributed by atoms with E-state index in [0.717, 1.165) is 44.9 Å². The molecule has 1 heterocycles. The number of hydrogen-bond acceptors (Lipinski definition) is 7. The van der Waals surface area contributed by atoms with E-state index in [1.807, 2.05) is 6.92 Å². The molecule has 7 nitrogen and oxygen atoms in total. The van der Waals surface area contributed by atoms with Crippen molar-refractivity contribution in [2.75, 3.05) is 10.6 Å². The zero-order valence-electron chi connectivity index (χ0n) is 18.2. The molecule has 0 saturated heterocycles. The molecule has 0 radical (unpaired) electrons. The van der Waals surface area contributed by atoms with E-state index in [2.05, 4.69) is 50.2 Å². The summed E-state index contributed by atoms with van der Waals surface area (Å²) in [5, 5.41) is 26.5. The summed E-state index contributed by atoms with van der Waals surface area (Å²) < 4.78 is 6.10. The SMILES string of the molecule is BC(B)(B)O[C@H]1CC[C@H](Nc2ncc(C#N)c(NC3CCC[C@](C)(O)C3)n2)CC1. The minimum Gasteiger partial charge on any atom is -0.398 e. The van der Waals surface area contributed by atoms with Gasteiger partial charge in [0.1, 0.15) is 41.0 Å². The number of hydrogen-bond donors (Lipinski definition) is 3. The fourth-order valence-electron chi connectivity index (χ4n) is 4.43. The molecule has 0 amide bonds. The molecule has 3 rings (SSSR count). The maximum absolute atomic E-state index is 10.4. The lowest BCUT2D eigenvalue weighted by molar-refractivity contribution is 0.0181. The summed E-state index contributed by atoms with van der Waals surface area (Å²) in [6, 6.07) is 2.59. The van der Waals surface area contributed by atoms with Crippen LogP contribution >= 0.6 is 0 Å². The number of anilines is 2. The van der Waals surface area contributed by atoms with Crippen molar-refractivity contribution in [2.45, 2.75) is 87.4 Å². The largest absolute Gasteiger partial charge is 0.398 e. The lowest BCUT2D eigenvalue weighted by atomic mass is 9.52. The van der Waals surface area contributed by atoms with E-state index in [1.54, 1.807) is 6.20 Å². The summed E-state index contributed by atoms with van der Waals surface area (Å²) in [5.74, 6) is 1.10. The van der Waals surface area contributed by atoms with Gasteiger partial charge < -0.3 is 20.5 Å². The summed E-state index contributed by atoms with van der Waals surface area (Å²) in [7, 11) is 6.30. The highest BCUT2D eigenvalue weighted by Gasteiger charge is 2.30. The van der Waals surface area contributed by atoms with Crippen LogP contribution in [0.25, 0.3) is 0 Å². The van der Waals surface area contributed by atoms with Crippen molar-refractivity contribution >= 4 is 35.3 Å². The van der Waals surface area contributed by atoms with Crippen LogP contribution in [0.5, 0.6) is 0 Å². The van der Waals surface area contributed by atoms with Gasteiger partial charge in [0.05, 0.1) is 17.9 Å². The minimum atomic E-state index is -0.662. The Morgan fingerprint density at radius 1 is 1.21 bits per heavy atom. The van der Waals surface area contributed by atoms with Gasteiger partial charge in [0, 0.05) is 12.1 Å². The molecule has 0 spiro atoms. The van der Waals surface area contributed by atoms with Crippen molar-refractivity contribution in [1.82, 2.24) is 9.97 Å². The molecule has 0 aromatic carbocycles. The van der Waals surface area contributed by atoms with Gasteiger partial charge in [-0.1, -0.05) is 0 Å². The molecule has 2 aliphatic carbocycles. The Kier molecular flexibility index (Phi) is 6.80. The van der Waals surface area contributed by atoms with Crippen LogP contribution in [0.3, 0.4) is 0 Å². The molecule has 1 aromatic rings. The average molecular weight is 395 g/mol. The van der Waals surface area contributed by atoms with Gasteiger partial charge in [-0.25, -0.2) is 4.98 Å². The molecule has 2 atom stereocenters. The van der Waals surface area contributed by atoms with E-state index in [-0.39, 0.29) is 11.3 Å². The van der Waals surface area contributed by atoms with Gasteiger partial charge in [0.2, 0.25) is 5.95 Å². The number of aromatic nitrogens is 2. The molecule has 0 bridgehead atoms. The molecular weight excluding hydrogens is 363 g/mol. The number of nitriles is 1. The molecule has 1 aromatic heterocycles. The Morgan fingerprint density at radius 3 is 2.55 bits per heavy atom. The first-order valence-electron chi connectivity index (χ1n) is 10.8. The van der Waals surface area contributed by atoms with Gasteiger partial charge in [-0.3, -0.25) is 0 Å². The summed E-state index contributed by atoms with van der Waals surface area (Å²) in [5.41, 5.74) is -0.229. The van der Waals surface area contributed by atoms with Crippen LogP contribution < -0.4 is 10.6 Å². The second kappa shape index (κ2) is 8.97. The van der Waals surface area contributed by atoms with Crippen molar-refractivity contribution in [3.8, 4) is 6.07 Å². The van der Waals surface area contributed by atoms with Gasteiger partial charge in [-0.15, -0.1) is 0 Å². The number of ether oxygens (including phenoxy) is 1. The molecule has 3 N–H and O–H groups in total. The first-order valence-corrected chi connectivity index (χ1v) is 10.8. The smallest absolute Gasteiger partial charge is 0.224 e. The van der Waals surface area contributed by atoms with Crippen LogP contribution in [0.2, 0.25) is 0 Å². The summed E-state index contributed by atoms with van der Waals surface area (Å²) in [6.45, 7) is 1.87. The Labute approximate surface area is 176 Å². The highest BCUT2D eigenvalue weighted by Crippen LogP contribution is 2.30. The van der Waals surface area contributed by atoms with Gasteiger partial charge in [0.15, 0.2) is 0 Å². The number of rotatable bonds is 6. The highest BCUT2D eigenvalue weighted by atomic mass is 16.5. The van der Waals surface area contributed by atoms with Crippen LogP contribution in [0, 0.1) is 11.3 Å². The first-order chi connectivity index (χ1) is 13.6. The fraction of sp³-hybridized carbons (Fsp3) is 0.737. The predicted octanol–water partition coefficient (Wildman–Crippen LogP) is -0.296. The quantitative estimate of drug-likeness (QED) is 0.569. The van der Waals surface area contributed by atoms with Crippen molar-refractivity contribution < 1.29 is 9.84 Å². The Morgan fingerprint density at radius 2 is 1.93 bits per heavy atom. The predicted molar refractivity (Wildman–Crippen MR) is 122 cm³/mol. The fourth-order valence-corrected chi connectivity index (χ4v) is 4.43. The highest BCUT2D eigenvalue weighted by molar-refractivity contribution is 6.58. The monoisotopic (exact) mass is 395 g/mol. The summed E-state index contributed by atoms with van der Waals surface area (Å²) in [4.78, 5) is 8.93. The molecule has 29 heavy (non-hydrogen) atoms. The molecule has 10 heteroatoms. The van der Waals surface area contributed by atoms with E-state index >= 15 is 0 Å². The zero-order valence-corrected chi connectivity index (χ0v) is 18.2. The molecule has 2 saturated carbocycles. The third kappa shape index (κ3) is 6.65. The molecular formula is C19H32B3N5O2. The number of nitrogens with one attached hydrogen (secondary N) is 2. The molecule has 154 valence electrons. The second-order valence-corrected chi connectivity index (χ2v) is 9.85. The third-order valence-corrected chi connectivity index (χ3v) is 5.73. The Balaban J connectivity index is 1.60. The first kappa shape index (κ1) is 22.0.